The number of nitrogens with one attached hydrogen (secondary N) is 1. The van der Waals surface area contributed by atoms with E-state index in [9.17, 15) is 4.79 Å². The van der Waals surface area contributed by atoms with E-state index in [2.05, 4.69) is 52.5 Å². The second-order valence-electron chi connectivity index (χ2n) is 7.21. The number of benzene rings is 1. The van der Waals surface area contributed by atoms with E-state index in [1.807, 2.05) is 13.8 Å². The van der Waals surface area contributed by atoms with Crippen LogP contribution in [0.5, 0.6) is 0 Å². The summed E-state index contributed by atoms with van der Waals surface area (Å²) in [6.45, 7) is 8.96. The van der Waals surface area contributed by atoms with Gasteiger partial charge in [-0.1, -0.05) is 30.3 Å². The number of rotatable bonds is 6. The van der Waals surface area contributed by atoms with E-state index in [0.29, 0.717) is 12.5 Å². The van der Waals surface area contributed by atoms with Gasteiger partial charge in [-0.05, 0) is 45.1 Å². The summed E-state index contributed by atoms with van der Waals surface area (Å²) in [5.74, 6) is 1.22. The van der Waals surface area contributed by atoms with Crippen LogP contribution in [0.3, 0.4) is 0 Å². The summed E-state index contributed by atoms with van der Waals surface area (Å²) < 4.78 is 0. The SMILES string of the molecule is CCNC(=NCC(C)(C)C(N)=O)N1CCC(Cc2ccccc2)C1. The summed E-state index contributed by atoms with van der Waals surface area (Å²) in [7, 11) is 0. The zero-order valence-corrected chi connectivity index (χ0v) is 15.1. The molecule has 5 heteroatoms. The number of hydrogen-bond donors (Lipinski definition) is 2. The molecule has 1 unspecified atom stereocenters. The van der Waals surface area contributed by atoms with Crippen LogP contribution >= 0.6 is 0 Å². The number of amides is 1. The third-order valence-corrected chi connectivity index (χ3v) is 4.58. The minimum atomic E-state index is -0.621. The zero-order valence-electron chi connectivity index (χ0n) is 15.1. The summed E-state index contributed by atoms with van der Waals surface area (Å²) in [6, 6.07) is 10.6. The smallest absolute Gasteiger partial charge is 0.224 e. The van der Waals surface area contributed by atoms with E-state index in [1.165, 1.54) is 12.0 Å². The van der Waals surface area contributed by atoms with Gasteiger partial charge < -0.3 is 16.0 Å². The highest BCUT2D eigenvalue weighted by molar-refractivity contribution is 5.82. The summed E-state index contributed by atoms with van der Waals surface area (Å²) in [6.07, 6.45) is 2.27. The molecule has 3 N–H and O–H groups in total. The number of hydrogen-bond acceptors (Lipinski definition) is 2. The molecule has 0 aliphatic carbocycles. The van der Waals surface area contributed by atoms with Crippen LogP contribution in [0.2, 0.25) is 0 Å². The van der Waals surface area contributed by atoms with Crippen molar-refractivity contribution in [3.63, 3.8) is 0 Å². The second-order valence-corrected chi connectivity index (χ2v) is 7.21. The quantitative estimate of drug-likeness (QED) is 0.619. The Morgan fingerprint density at radius 2 is 2.08 bits per heavy atom. The van der Waals surface area contributed by atoms with E-state index in [0.717, 1.165) is 32.0 Å². The van der Waals surface area contributed by atoms with Gasteiger partial charge in [0.15, 0.2) is 5.96 Å². The van der Waals surface area contributed by atoms with Crippen LogP contribution in [0.15, 0.2) is 35.3 Å². The number of nitrogens with zero attached hydrogens (tertiary/aromatic N) is 2. The molecule has 0 spiro atoms. The van der Waals surface area contributed by atoms with Crippen LogP contribution in [-0.4, -0.2) is 42.9 Å². The van der Waals surface area contributed by atoms with Crippen LogP contribution in [0, 0.1) is 11.3 Å². The Morgan fingerprint density at radius 1 is 1.38 bits per heavy atom. The van der Waals surface area contributed by atoms with Crippen LogP contribution in [0.1, 0.15) is 32.8 Å². The minimum absolute atomic E-state index is 0.314. The summed E-state index contributed by atoms with van der Waals surface area (Å²) in [5.41, 5.74) is 6.22. The highest BCUT2D eigenvalue weighted by atomic mass is 16.1. The molecular weight excluding hydrogens is 300 g/mol. The van der Waals surface area contributed by atoms with Crippen molar-refractivity contribution in [3.8, 4) is 0 Å². The molecule has 1 saturated heterocycles. The normalized spacial score (nSPS) is 18.7. The molecule has 1 fully saturated rings. The molecular formula is C19H30N4O. The summed E-state index contributed by atoms with van der Waals surface area (Å²) >= 11 is 0. The van der Waals surface area contributed by atoms with Crippen LogP contribution in [-0.2, 0) is 11.2 Å². The Hall–Kier alpha value is -2.04. The van der Waals surface area contributed by atoms with Gasteiger partial charge >= 0.3 is 0 Å². The van der Waals surface area contributed by atoms with E-state index >= 15 is 0 Å². The molecule has 1 heterocycles. The van der Waals surface area contributed by atoms with Gasteiger partial charge in [0, 0.05) is 19.6 Å². The van der Waals surface area contributed by atoms with Gasteiger partial charge in [0.2, 0.25) is 5.91 Å². The molecule has 132 valence electrons. The van der Waals surface area contributed by atoms with Crippen molar-refractivity contribution in [3.05, 3.63) is 35.9 Å². The van der Waals surface area contributed by atoms with Gasteiger partial charge in [0.05, 0.1) is 12.0 Å². The predicted molar refractivity (Wildman–Crippen MR) is 98.8 cm³/mol. The van der Waals surface area contributed by atoms with Crippen molar-refractivity contribution in [1.29, 1.82) is 0 Å². The van der Waals surface area contributed by atoms with Crippen LogP contribution < -0.4 is 11.1 Å². The number of carbonyl (C=O) groups is 1. The van der Waals surface area contributed by atoms with Crippen molar-refractivity contribution < 1.29 is 4.79 Å². The first-order valence-electron chi connectivity index (χ1n) is 8.79. The predicted octanol–water partition coefficient (Wildman–Crippen LogP) is 2.03. The maximum Gasteiger partial charge on any atom is 0.224 e. The lowest BCUT2D eigenvalue weighted by Crippen LogP contribution is -2.42. The van der Waals surface area contributed by atoms with Gasteiger partial charge in [-0.3, -0.25) is 9.79 Å². The average Bonchev–Trinajstić information content (AvgIpc) is 3.00. The number of likely N-dealkylation sites (tertiary alicyclic amines) is 1. The Bertz CT molecular complexity index is 568. The zero-order chi connectivity index (χ0) is 17.6. The first-order chi connectivity index (χ1) is 11.4. The van der Waals surface area contributed by atoms with Crippen molar-refractivity contribution in [2.24, 2.45) is 22.1 Å². The number of carbonyl (C=O) groups excluding carboxylic acids is 1. The lowest BCUT2D eigenvalue weighted by molar-refractivity contribution is -0.125. The molecule has 0 bridgehead atoms. The Balaban J connectivity index is 1.98. The number of primary amides is 1. The van der Waals surface area contributed by atoms with E-state index in [-0.39, 0.29) is 5.91 Å². The van der Waals surface area contributed by atoms with Gasteiger partial charge in [0.25, 0.3) is 0 Å². The molecule has 0 saturated carbocycles. The van der Waals surface area contributed by atoms with E-state index in [4.69, 9.17) is 5.73 Å². The summed E-state index contributed by atoms with van der Waals surface area (Å²) in [5, 5.41) is 3.34. The maximum absolute atomic E-state index is 11.5. The molecule has 0 aromatic heterocycles. The second kappa shape index (κ2) is 8.18. The lowest BCUT2D eigenvalue weighted by Gasteiger charge is -2.24. The van der Waals surface area contributed by atoms with E-state index in [1.54, 1.807) is 0 Å². The first-order valence-corrected chi connectivity index (χ1v) is 8.79. The van der Waals surface area contributed by atoms with Crippen LogP contribution in [0.4, 0.5) is 0 Å². The maximum atomic E-state index is 11.5. The third kappa shape index (κ3) is 4.98. The molecule has 1 aliphatic heterocycles. The van der Waals surface area contributed by atoms with Crippen molar-refractivity contribution in [2.75, 3.05) is 26.2 Å². The van der Waals surface area contributed by atoms with Gasteiger partial charge in [0.1, 0.15) is 0 Å². The fourth-order valence-corrected chi connectivity index (χ4v) is 2.92. The molecule has 1 amide bonds. The highest BCUT2D eigenvalue weighted by Gasteiger charge is 2.28. The molecule has 0 radical (unpaired) electrons. The fourth-order valence-electron chi connectivity index (χ4n) is 2.92. The topological polar surface area (TPSA) is 70.7 Å². The van der Waals surface area contributed by atoms with Gasteiger partial charge in [-0.2, -0.15) is 0 Å². The highest BCUT2D eigenvalue weighted by Crippen LogP contribution is 2.21. The Kier molecular flexibility index (Phi) is 6.23. The summed E-state index contributed by atoms with van der Waals surface area (Å²) in [4.78, 5) is 18.4. The number of nitrogens with two attached hydrogens (primary N) is 1. The van der Waals surface area contributed by atoms with Crippen molar-refractivity contribution in [2.45, 2.75) is 33.6 Å². The lowest BCUT2D eigenvalue weighted by atomic mass is 9.93. The standard InChI is InChI=1S/C19H30N4O/c1-4-21-18(22-14-19(2,3)17(20)24)23-11-10-16(13-23)12-15-8-6-5-7-9-15/h5-9,16H,4,10-14H2,1-3H3,(H2,20,24)(H,21,22). The molecule has 1 atom stereocenters. The number of guanidine groups is 1. The van der Waals surface area contributed by atoms with Gasteiger partial charge in [-0.15, -0.1) is 0 Å². The first kappa shape index (κ1) is 18.3. The molecule has 1 aromatic carbocycles. The third-order valence-electron chi connectivity index (χ3n) is 4.58. The minimum Gasteiger partial charge on any atom is -0.369 e. The molecule has 1 aliphatic rings. The monoisotopic (exact) mass is 330 g/mol. The molecule has 2 rings (SSSR count). The molecule has 5 nitrogen and oxygen atoms in total. The van der Waals surface area contributed by atoms with Crippen molar-refractivity contribution >= 4 is 11.9 Å². The van der Waals surface area contributed by atoms with E-state index < -0.39 is 5.41 Å². The largest absolute Gasteiger partial charge is 0.369 e. The van der Waals surface area contributed by atoms with Crippen LogP contribution in [0.25, 0.3) is 0 Å². The molecule has 1 aromatic rings. The fraction of sp³-hybridized carbons (Fsp3) is 0.579. The average molecular weight is 330 g/mol. The Morgan fingerprint density at radius 3 is 2.71 bits per heavy atom. The van der Waals surface area contributed by atoms with Gasteiger partial charge in [-0.25, -0.2) is 0 Å². The Labute approximate surface area is 145 Å². The van der Waals surface area contributed by atoms with Crippen molar-refractivity contribution in [1.82, 2.24) is 10.2 Å². The molecule has 24 heavy (non-hydrogen) atoms. The number of aliphatic imine (C=N–C) groups is 1.